The third-order valence-electron chi connectivity index (χ3n) is 3.91. The number of hydrogen-bond acceptors (Lipinski definition) is 5. The smallest absolute Gasteiger partial charge is 0.407 e. The molecule has 0 fully saturated rings. The molecular formula is C18H21N3O4. The van der Waals surface area contributed by atoms with Crippen LogP contribution < -0.4 is 14.8 Å². The number of ether oxygens (including phenoxy) is 2. The van der Waals surface area contributed by atoms with Gasteiger partial charge in [-0.25, -0.2) is 4.79 Å². The van der Waals surface area contributed by atoms with E-state index in [4.69, 9.17) is 9.47 Å². The number of aromatic nitrogens is 1. The van der Waals surface area contributed by atoms with E-state index < -0.39 is 6.09 Å². The van der Waals surface area contributed by atoms with Crippen molar-refractivity contribution in [3.63, 3.8) is 0 Å². The maximum Gasteiger partial charge on any atom is 0.407 e. The fourth-order valence-electron chi connectivity index (χ4n) is 2.63. The number of carbonyl (C=O) groups is 1. The van der Waals surface area contributed by atoms with Crippen molar-refractivity contribution in [2.75, 3.05) is 19.9 Å². The molecule has 0 bridgehead atoms. The van der Waals surface area contributed by atoms with Crippen molar-refractivity contribution < 1.29 is 19.4 Å². The summed E-state index contributed by atoms with van der Waals surface area (Å²) in [6.07, 6.45) is 3.36. The van der Waals surface area contributed by atoms with Gasteiger partial charge in [0.1, 0.15) is 0 Å². The highest BCUT2D eigenvalue weighted by atomic mass is 16.7. The van der Waals surface area contributed by atoms with Gasteiger partial charge in [-0.1, -0.05) is 12.1 Å². The highest BCUT2D eigenvalue weighted by molar-refractivity contribution is 5.65. The number of fused-ring (bicyclic) bond motifs is 1. The SMILES string of the molecule is O=C(O)N(CCCNCc1cccnc1)Cc1ccc2c(c1)OCO2. The van der Waals surface area contributed by atoms with Crippen LogP contribution in [0.2, 0.25) is 0 Å². The first-order valence-electron chi connectivity index (χ1n) is 8.18. The minimum absolute atomic E-state index is 0.212. The van der Waals surface area contributed by atoms with E-state index in [9.17, 15) is 9.90 Å². The maximum atomic E-state index is 11.5. The second-order valence-electron chi connectivity index (χ2n) is 5.78. The lowest BCUT2D eigenvalue weighted by Crippen LogP contribution is -2.31. The van der Waals surface area contributed by atoms with Gasteiger partial charge in [-0.15, -0.1) is 0 Å². The summed E-state index contributed by atoms with van der Waals surface area (Å²) in [5.41, 5.74) is 1.99. The third-order valence-corrected chi connectivity index (χ3v) is 3.91. The summed E-state index contributed by atoms with van der Waals surface area (Å²) in [6.45, 7) is 2.46. The summed E-state index contributed by atoms with van der Waals surface area (Å²) < 4.78 is 10.6. The lowest BCUT2D eigenvalue weighted by molar-refractivity contribution is 0.141. The van der Waals surface area contributed by atoms with E-state index in [0.717, 1.165) is 30.6 Å². The Morgan fingerprint density at radius 2 is 2.12 bits per heavy atom. The minimum Gasteiger partial charge on any atom is -0.465 e. The lowest BCUT2D eigenvalue weighted by atomic mass is 10.2. The Morgan fingerprint density at radius 3 is 2.92 bits per heavy atom. The van der Waals surface area contributed by atoms with Gasteiger partial charge in [0.25, 0.3) is 0 Å². The third kappa shape index (κ3) is 4.84. The number of amides is 1. The molecule has 132 valence electrons. The molecule has 0 spiro atoms. The average Bonchev–Trinajstić information content (AvgIpc) is 3.09. The van der Waals surface area contributed by atoms with Crippen LogP contribution >= 0.6 is 0 Å². The molecule has 2 aromatic rings. The fraction of sp³-hybridized carbons (Fsp3) is 0.333. The van der Waals surface area contributed by atoms with Gasteiger partial charge in [0.05, 0.1) is 0 Å². The molecule has 0 saturated heterocycles. The molecule has 2 N–H and O–H groups in total. The van der Waals surface area contributed by atoms with Gasteiger partial charge in [0.2, 0.25) is 6.79 Å². The van der Waals surface area contributed by atoms with Crippen molar-refractivity contribution in [3.8, 4) is 11.5 Å². The number of nitrogens with zero attached hydrogens (tertiary/aromatic N) is 2. The van der Waals surface area contributed by atoms with Crippen LogP contribution in [0.4, 0.5) is 4.79 Å². The van der Waals surface area contributed by atoms with Crippen LogP contribution in [0.5, 0.6) is 11.5 Å². The first-order chi connectivity index (χ1) is 12.2. The largest absolute Gasteiger partial charge is 0.465 e. The molecule has 0 aliphatic carbocycles. The van der Waals surface area contributed by atoms with Crippen molar-refractivity contribution in [2.45, 2.75) is 19.5 Å². The Hall–Kier alpha value is -2.80. The maximum absolute atomic E-state index is 11.5. The molecule has 0 radical (unpaired) electrons. The van der Waals surface area contributed by atoms with E-state index in [1.165, 1.54) is 4.90 Å². The van der Waals surface area contributed by atoms with Crippen molar-refractivity contribution in [3.05, 3.63) is 53.9 Å². The zero-order valence-electron chi connectivity index (χ0n) is 13.9. The highest BCUT2D eigenvalue weighted by Crippen LogP contribution is 2.32. The molecule has 2 heterocycles. The van der Waals surface area contributed by atoms with Crippen LogP contribution in [0.15, 0.2) is 42.7 Å². The van der Waals surface area contributed by atoms with E-state index in [2.05, 4.69) is 10.3 Å². The molecule has 25 heavy (non-hydrogen) atoms. The number of benzene rings is 1. The Bertz CT molecular complexity index is 709. The molecule has 0 unspecified atom stereocenters. The van der Waals surface area contributed by atoms with Crippen LogP contribution in [-0.2, 0) is 13.1 Å². The number of hydrogen-bond donors (Lipinski definition) is 2. The monoisotopic (exact) mass is 343 g/mol. The van der Waals surface area contributed by atoms with E-state index >= 15 is 0 Å². The zero-order chi connectivity index (χ0) is 17.5. The van der Waals surface area contributed by atoms with E-state index in [1.54, 1.807) is 6.20 Å². The Balaban J connectivity index is 1.44. The molecule has 1 aromatic heterocycles. The van der Waals surface area contributed by atoms with E-state index in [0.29, 0.717) is 24.6 Å². The van der Waals surface area contributed by atoms with Crippen LogP contribution in [0.25, 0.3) is 0 Å². The molecular weight excluding hydrogens is 322 g/mol. The fourth-order valence-corrected chi connectivity index (χ4v) is 2.63. The molecule has 7 heteroatoms. The topological polar surface area (TPSA) is 83.9 Å². The van der Waals surface area contributed by atoms with Gasteiger partial charge in [0, 0.05) is 32.0 Å². The average molecular weight is 343 g/mol. The Kier molecular flexibility index (Phi) is 5.69. The van der Waals surface area contributed by atoms with E-state index in [1.807, 2.05) is 36.5 Å². The molecule has 3 rings (SSSR count). The summed E-state index contributed by atoms with van der Waals surface area (Å²) in [7, 11) is 0. The van der Waals surface area contributed by atoms with Crippen LogP contribution in [0.3, 0.4) is 0 Å². The number of carboxylic acid groups (broad SMARTS) is 1. The normalized spacial score (nSPS) is 12.2. The first-order valence-corrected chi connectivity index (χ1v) is 8.18. The molecule has 1 aliphatic heterocycles. The number of nitrogens with one attached hydrogen (secondary N) is 1. The van der Waals surface area contributed by atoms with Crippen LogP contribution in [-0.4, -0.2) is 41.0 Å². The van der Waals surface area contributed by atoms with Gasteiger partial charge in [-0.2, -0.15) is 0 Å². The first kappa shape index (κ1) is 17.0. The molecule has 0 saturated carbocycles. The van der Waals surface area contributed by atoms with Crippen LogP contribution in [0, 0.1) is 0 Å². The van der Waals surface area contributed by atoms with Crippen molar-refractivity contribution >= 4 is 6.09 Å². The summed E-state index contributed by atoms with van der Waals surface area (Å²) in [5, 5.41) is 12.7. The number of pyridine rings is 1. The minimum atomic E-state index is -0.926. The summed E-state index contributed by atoms with van der Waals surface area (Å²) in [6, 6.07) is 9.41. The second-order valence-corrected chi connectivity index (χ2v) is 5.78. The highest BCUT2D eigenvalue weighted by Gasteiger charge is 2.16. The number of rotatable bonds is 8. The quantitative estimate of drug-likeness (QED) is 0.717. The van der Waals surface area contributed by atoms with Crippen molar-refractivity contribution in [1.29, 1.82) is 0 Å². The van der Waals surface area contributed by atoms with Gasteiger partial charge in [-0.05, 0) is 42.3 Å². The summed E-state index contributed by atoms with van der Waals surface area (Å²) in [5.74, 6) is 1.37. The van der Waals surface area contributed by atoms with Gasteiger partial charge in [-0.3, -0.25) is 4.98 Å². The molecule has 0 atom stereocenters. The molecule has 1 aliphatic rings. The predicted molar refractivity (Wildman–Crippen MR) is 91.6 cm³/mol. The van der Waals surface area contributed by atoms with E-state index in [-0.39, 0.29) is 6.79 Å². The molecule has 1 amide bonds. The standard InChI is InChI=1S/C18H21N3O4/c22-18(23)21(8-2-7-20-11-15-3-1-6-19-10-15)12-14-4-5-16-17(9-14)25-13-24-16/h1,3-6,9-10,20H,2,7-8,11-13H2,(H,22,23). The van der Waals surface area contributed by atoms with Crippen molar-refractivity contribution in [1.82, 2.24) is 15.2 Å². The van der Waals surface area contributed by atoms with Gasteiger partial charge >= 0.3 is 6.09 Å². The van der Waals surface area contributed by atoms with Crippen molar-refractivity contribution in [2.24, 2.45) is 0 Å². The second kappa shape index (κ2) is 8.34. The van der Waals surface area contributed by atoms with Crippen LogP contribution in [0.1, 0.15) is 17.5 Å². The zero-order valence-corrected chi connectivity index (χ0v) is 13.9. The lowest BCUT2D eigenvalue weighted by Gasteiger charge is -2.19. The molecule has 1 aromatic carbocycles. The summed E-state index contributed by atoms with van der Waals surface area (Å²) >= 11 is 0. The Labute approximate surface area is 146 Å². The summed E-state index contributed by atoms with van der Waals surface area (Å²) in [4.78, 5) is 16.9. The molecule has 7 nitrogen and oxygen atoms in total. The predicted octanol–water partition coefficient (Wildman–Crippen LogP) is 2.47. The van der Waals surface area contributed by atoms with Gasteiger partial charge in [0.15, 0.2) is 11.5 Å². The Morgan fingerprint density at radius 1 is 1.24 bits per heavy atom. The van der Waals surface area contributed by atoms with Gasteiger partial charge < -0.3 is 24.8 Å².